The molecule has 3 aromatic carbocycles. The summed E-state index contributed by atoms with van der Waals surface area (Å²) in [6, 6.07) is 22.7. The second-order valence-electron chi connectivity index (χ2n) is 8.98. The van der Waals surface area contributed by atoms with Crippen molar-refractivity contribution in [3.05, 3.63) is 101 Å². The highest BCUT2D eigenvalue weighted by Crippen LogP contribution is 2.35. The average molecular weight is 520 g/mol. The molecule has 37 heavy (non-hydrogen) atoms. The van der Waals surface area contributed by atoms with Crippen molar-refractivity contribution in [3.63, 3.8) is 0 Å². The third kappa shape index (κ3) is 5.68. The van der Waals surface area contributed by atoms with Gasteiger partial charge in [-0.05, 0) is 37.1 Å². The predicted octanol–water partition coefficient (Wildman–Crippen LogP) is 6.49. The van der Waals surface area contributed by atoms with Gasteiger partial charge in [0.25, 0.3) is 5.91 Å². The molecule has 5 rings (SSSR count). The van der Waals surface area contributed by atoms with E-state index in [-0.39, 0.29) is 18.6 Å². The van der Waals surface area contributed by atoms with Crippen molar-refractivity contribution in [2.45, 2.75) is 25.5 Å². The summed E-state index contributed by atoms with van der Waals surface area (Å²) in [5, 5.41) is 5.12. The molecule has 1 atom stereocenters. The van der Waals surface area contributed by atoms with Gasteiger partial charge in [-0.2, -0.15) is 5.10 Å². The molecule has 1 aliphatic rings. The van der Waals surface area contributed by atoms with E-state index in [2.05, 4.69) is 0 Å². The Morgan fingerprint density at radius 1 is 1.14 bits per heavy atom. The molecule has 0 aliphatic carbocycles. The second-order valence-corrected chi connectivity index (χ2v) is 9.39. The number of carbonyl (C=O) groups excluding carboxylic acids is 1. The lowest BCUT2D eigenvalue weighted by molar-refractivity contribution is 0.0506. The van der Waals surface area contributed by atoms with E-state index in [9.17, 15) is 9.18 Å². The first-order valence-electron chi connectivity index (χ1n) is 12.2. The molecule has 2 heterocycles. The monoisotopic (exact) mass is 519 g/mol. The van der Waals surface area contributed by atoms with E-state index >= 15 is 0 Å². The summed E-state index contributed by atoms with van der Waals surface area (Å²) in [5.41, 5.74) is 2.68. The first kappa shape index (κ1) is 25.0. The van der Waals surface area contributed by atoms with Gasteiger partial charge in [0, 0.05) is 31.8 Å². The van der Waals surface area contributed by atoms with Crippen LogP contribution in [0.4, 0.5) is 4.39 Å². The van der Waals surface area contributed by atoms with Crippen LogP contribution in [0, 0.1) is 5.82 Å². The van der Waals surface area contributed by atoms with Gasteiger partial charge in [-0.3, -0.25) is 4.79 Å². The molecule has 0 spiro atoms. The fraction of sp³-hybridized carbons (Fsp3) is 0.241. The summed E-state index contributed by atoms with van der Waals surface area (Å²) in [4.78, 5) is 15.5. The molecule has 1 amide bonds. The molecule has 6 nitrogen and oxygen atoms in total. The lowest BCUT2D eigenvalue weighted by atomic mass is 10.1. The van der Waals surface area contributed by atoms with Crippen LogP contribution in [0.5, 0.6) is 11.6 Å². The number of hydrogen-bond donors (Lipinski definition) is 0. The highest BCUT2D eigenvalue weighted by atomic mass is 35.5. The highest BCUT2D eigenvalue weighted by Gasteiger charge is 2.29. The summed E-state index contributed by atoms with van der Waals surface area (Å²) in [6.45, 7) is 1.27. The van der Waals surface area contributed by atoms with E-state index in [1.54, 1.807) is 53.0 Å². The number of ether oxygens (including phenoxy) is 2. The number of rotatable bonds is 8. The Balaban J connectivity index is 1.57. The Labute approximate surface area is 220 Å². The summed E-state index contributed by atoms with van der Waals surface area (Å²) in [5.74, 6) is 0.153. The Bertz CT molecular complexity index is 1390. The minimum absolute atomic E-state index is 0.0733. The van der Waals surface area contributed by atoms with Gasteiger partial charge in [0.2, 0.25) is 5.88 Å². The maximum absolute atomic E-state index is 13.9. The van der Waals surface area contributed by atoms with Gasteiger partial charge in [0.15, 0.2) is 0 Å². The average Bonchev–Trinajstić information content (AvgIpc) is 3.52. The van der Waals surface area contributed by atoms with Crippen LogP contribution in [-0.4, -0.2) is 39.8 Å². The highest BCUT2D eigenvalue weighted by molar-refractivity contribution is 6.33. The first-order valence-corrected chi connectivity index (χ1v) is 12.6. The van der Waals surface area contributed by atoms with Gasteiger partial charge in [-0.25, -0.2) is 9.07 Å². The fourth-order valence-electron chi connectivity index (χ4n) is 4.54. The van der Waals surface area contributed by atoms with Crippen molar-refractivity contribution in [1.82, 2.24) is 14.7 Å². The summed E-state index contributed by atoms with van der Waals surface area (Å²) in [7, 11) is 1.77. The maximum atomic E-state index is 13.9. The van der Waals surface area contributed by atoms with Crippen molar-refractivity contribution < 1.29 is 18.7 Å². The SMILES string of the molecule is Cn1nc(-c2ccccc2)c(CN(CC2CCCO2)C(=O)c2ccccc2Cl)c1Oc1cccc(F)c1. The van der Waals surface area contributed by atoms with Crippen molar-refractivity contribution in [3.8, 4) is 22.9 Å². The molecule has 190 valence electrons. The van der Waals surface area contributed by atoms with Crippen LogP contribution in [0.3, 0.4) is 0 Å². The summed E-state index contributed by atoms with van der Waals surface area (Å²) < 4.78 is 27.6. The van der Waals surface area contributed by atoms with Crippen molar-refractivity contribution in [2.24, 2.45) is 7.05 Å². The molecule has 0 saturated carbocycles. The maximum Gasteiger partial charge on any atom is 0.255 e. The molecular weight excluding hydrogens is 493 g/mol. The van der Waals surface area contributed by atoms with Gasteiger partial charge in [0.1, 0.15) is 17.3 Å². The number of benzene rings is 3. The quantitative estimate of drug-likeness (QED) is 0.267. The van der Waals surface area contributed by atoms with Crippen LogP contribution < -0.4 is 4.74 Å². The number of hydrogen-bond acceptors (Lipinski definition) is 4. The fourth-order valence-corrected chi connectivity index (χ4v) is 4.76. The molecule has 1 unspecified atom stereocenters. The molecule has 4 aromatic rings. The van der Waals surface area contributed by atoms with E-state index in [4.69, 9.17) is 26.2 Å². The van der Waals surface area contributed by atoms with E-state index in [0.29, 0.717) is 46.6 Å². The van der Waals surface area contributed by atoms with Crippen LogP contribution in [0.25, 0.3) is 11.3 Å². The Morgan fingerprint density at radius 2 is 1.92 bits per heavy atom. The molecular formula is C29H27ClFN3O3. The molecule has 1 saturated heterocycles. The van der Waals surface area contributed by atoms with Crippen molar-refractivity contribution >= 4 is 17.5 Å². The zero-order valence-corrected chi connectivity index (χ0v) is 21.2. The smallest absolute Gasteiger partial charge is 0.255 e. The van der Waals surface area contributed by atoms with Crippen molar-refractivity contribution in [1.29, 1.82) is 0 Å². The molecule has 1 aromatic heterocycles. The molecule has 1 aliphatic heterocycles. The van der Waals surface area contributed by atoms with Gasteiger partial charge in [-0.15, -0.1) is 0 Å². The number of aryl methyl sites for hydroxylation is 1. The standard InChI is InChI=1S/C29H27ClFN3O3/c1-33-29(37-22-12-7-11-21(31)17-22)25(27(32-33)20-9-3-2-4-10-20)19-34(18-23-13-8-16-36-23)28(35)24-14-5-6-15-26(24)30/h2-7,9-12,14-15,17,23H,8,13,16,18-19H2,1H3. The molecule has 1 fully saturated rings. The number of carbonyl (C=O) groups is 1. The third-order valence-corrected chi connectivity index (χ3v) is 6.66. The van der Waals surface area contributed by atoms with Gasteiger partial charge in [-0.1, -0.05) is 60.1 Å². The normalized spacial score (nSPS) is 15.1. The number of halogens is 2. The Kier molecular flexibility index (Phi) is 7.53. The summed E-state index contributed by atoms with van der Waals surface area (Å²) >= 11 is 6.41. The second kappa shape index (κ2) is 11.2. The number of amides is 1. The van der Waals surface area contributed by atoms with Gasteiger partial charge in [0.05, 0.1) is 28.8 Å². The zero-order chi connectivity index (χ0) is 25.8. The summed E-state index contributed by atoms with van der Waals surface area (Å²) in [6.07, 6.45) is 1.75. The minimum atomic E-state index is -0.404. The van der Waals surface area contributed by atoms with Crippen LogP contribution in [0.2, 0.25) is 5.02 Å². The predicted molar refractivity (Wildman–Crippen MR) is 140 cm³/mol. The number of aromatic nitrogens is 2. The molecule has 0 bridgehead atoms. The number of nitrogens with zero attached hydrogens (tertiary/aromatic N) is 3. The first-order chi connectivity index (χ1) is 18.0. The minimum Gasteiger partial charge on any atom is -0.439 e. The zero-order valence-electron chi connectivity index (χ0n) is 20.4. The molecule has 0 radical (unpaired) electrons. The van der Waals surface area contributed by atoms with Crippen LogP contribution in [-0.2, 0) is 18.3 Å². The van der Waals surface area contributed by atoms with E-state index in [1.165, 1.54) is 12.1 Å². The van der Waals surface area contributed by atoms with E-state index in [1.807, 2.05) is 30.3 Å². The molecule has 0 N–H and O–H groups in total. The lowest BCUT2D eigenvalue weighted by Crippen LogP contribution is -2.37. The van der Waals surface area contributed by atoms with E-state index in [0.717, 1.165) is 18.4 Å². The Morgan fingerprint density at radius 3 is 2.65 bits per heavy atom. The lowest BCUT2D eigenvalue weighted by Gasteiger charge is -2.26. The van der Waals surface area contributed by atoms with Crippen LogP contribution in [0.1, 0.15) is 28.8 Å². The Hall–Kier alpha value is -3.68. The van der Waals surface area contributed by atoms with Crippen LogP contribution in [0.15, 0.2) is 78.9 Å². The largest absolute Gasteiger partial charge is 0.439 e. The van der Waals surface area contributed by atoms with Crippen molar-refractivity contribution in [2.75, 3.05) is 13.2 Å². The van der Waals surface area contributed by atoms with Gasteiger partial charge >= 0.3 is 0 Å². The third-order valence-electron chi connectivity index (χ3n) is 6.33. The molecule has 8 heteroatoms. The van der Waals surface area contributed by atoms with Crippen LogP contribution >= 0.6 is 11.6 Å². The van der Waals surface area contributed by atoms with Gasteiger partial charge < -0.3 is 14.4 Å². The topological polar surface area (TPSA) is 56.6 Å². The van der Waals surface area contributed by atoms with E-state index < -0.39 is 5.82 Å².